The van der Waals surface area contributed by atoms with Gasteiger partial charge in [0, 0.05) is 31.4 Å². The molecular formula is C19H22N4. The fourth-order valence-electron chi connectivity index (χ4n) is 2.74. The SMILES string of the molecule is CC#CC[C@](C)(CN)c1cccc(-c2ccnc3[nH]ncc23)c1.[HH]. The van der Waals surface area contributed by atoms with E-state index in [0.717, 1.165) is 28.6 Å². The molecule has 118 valence electrons. The molecule has 23 heavy (non-hydrogen) atoms. The van der Waals surface area contributed by atoms with E-state index < -0.39 is 0 Å². The maximum Gasteiger partial charge on any atom is 0.155 e. The Morgan fingerprint density at radius 3 is 3.00 bits per heavy atom. The summed E-state index contributed by atoms with van der Waals surface area (Å²) >= 11 is 0. The summed E-state index contributed by atoms with van der Waals surface area (Å²) in [5, 5.41) is 8.02. The molecule has 0 saturated heterocycles. The van der Waals surface area contributed by atoms with Crippen molar-refractivity contribution in [3.05, 3.63) is 48.3 Å². The largest absolute Gasteiger partial charge is 0.330 e. The highest BCUT2D eigenvalue weighted by Crippen LogP contribution is 2.32. The Kier molecular flexibility index (Phi) is 4.14. The van der Waals surface area contributed by atoms with Crippen molar-refractivity contribution in [3.63, 3.8) is 0 Å². The zero-order valence-corrected chi connectivity index (χ0v) is 13.4. The topological polar surface area (TPSA) is 67.6 Å². The molecule has 0 amide bonds. The Hall–Kier alpha value is -2.64. The van der Waals surface area contributed by atoms with E-state index in [9.17, 15) is 0 Å². The Balaban J connectivity index is 0.00000208. The number of benzene rings is 1. The summed E-state index contributed by atoms with van der Waals surface area (Å²) in [7, 11) is 0. The van der Waals surface area contributed by atoms with Crippen LogP contribution in [0.15, 0.2) is 42.7 Å². The highest BCUT2D eigenvalue weighted by Gasteiger charge is 2.24. The van der Waals surface area contributed by atoms with E-state index in [-0.39, 0.29) is 6.84 Å². The second-order valence-corrected chi connectivity index (χ2v) is 5.94. The van der Waals surface area contributed by atoms with E-state index in [4.69, 9.17) is 5.73 Å². The van der Waals surface area contributed by atoms with Crippen molar-refractivity contribution in [1.82, 2.24) is 15.2 Å². The summed E-state index contributed by atoms with van der Waals surface area (Å²) in [5.74, 6) is 6.14. The van der Waals surface area contributed by atoms with Crippen molar-refractivity contribution in [2.75, 3.05) is 6.54 Å². The zero-order valence-electron chi connectivity index (χ0n) is 13.4. The lowest BCUT2D eigenvalue weighted by Crippen LogP contribution is -2.31. The lowest BCUT2D eigenvalue weighted by molar-refractivity contribution is 0.498. The van der Waals surface area contributed by atoms with Gasteiger partial charge in [0.25, 0.3) is 0 Å². The third-order valence-corrected chi connectivity index (χ3v) is 4.33. The molecule has 0 bridgehead atoms. The minimum absolute atomic E-state index is 0. The van der Waals surface area contributed by atoms with E-state index in [1.807, 2.05) is 19.2 Å². The molecule has 2 heterocycles. The number of aromatic nitrogens is 3. The molecule has 2 aromatic heterocycles. The van der Waals surface area contributed by atoms with Crippen LogP contribution < -0.4 is 5.73 Å². The lowest BCUT2D eigenvalue weighted by Gasteiger charge is -2.27. The summed E-state index contributed by atoms with van der Waals surface area (Å²) in [6, 6.07) is 10.5. The van der Waals surface area contributed by atoms with Gasteiger partial charge < -0.3 is 5.73 Å². The molecule has 4 heteroatoms. The van der Waals surface area contributed by atoms with Gasteiger partial charge in [-0.3, -0.25) is 5.10 Å². The Morgan fingerprint density at radius 2 is 2.22 bits per heavy atom. The average molecular weight is 306 g/mol. The van der Waals surface area contributed by atoms with E-state index >= 15 is 0 Å². The summed E-state index contributed by atoms with van der Waals surface area (Å²) in [6.45, 7) is 4.58. The standard InChI is InChI=1S/C19H20N4.H2/c1-3-4-9-19(2,13-20)15-7-5-6-14(11-15)16-8-10-21-18-17(16)12-22-23-18;/h5-8,10-12H,9,13,20H2,1-2H3,(H,21,22,23);1H/t19-;/m1./s1. The molecule has 0 aliphatic heterocycles. The van der Waals surface area contributed by atoms with E-state index in [0.29, 0.717) is 6.54 Å². The van der Waals surface area contributed by atoms with Gasteiger partial charge in [-0.05, 0) is 29.7 Å². The lowest BCUT2D eigenvalue weighted by atomic mass is 9.79. The molecule has 4 nitrogen and oxygen atoms in total. The molecule has 1 atom stereocenters. The number of hydrogen-bond acceptors (Lipinski definition) is 3. The number of nitrogens with one attached hydrogen (secondary N) is 1. The molecule has 0 unspecified atom stereocenters. The second kappa shape index (κ2) is 6.23. The van der Waals surface area contributed by atoms with Gasteiger partial charge in [-0.25, -0.2) is 4.98 Å². The first-order valence-electron chi connectivity index (χ1n) is 7.66. The number of nitrogens with two attached hydrogens (primary N) is 1. The Morgan fingerprint density at radius 1 is 1.35 bits per heavy atom. The molecule has 0 fully saturated rings. The molecular weight excluding hydrogens is 284 g/mol. The number of fused-ring (bicyclic) bond motifs is 1. The third-order valence-electron chi connectivity index (χ3n) is 4.33. The van der Waals surface area contributed by atoms with Gasteiger partial charge in [-0.1, -0.05) is 31.2 Å². The fraction of sp³-hybridized carbons (Fsp3) is 0.263. The van der Waals surface area contributed by atoms with Crippen LogP contribution in [0.25, 0.3) is 22.2 Å². The molecule has 3 N–H and O–H groups in total. The van der Waals surface area contributed by atoms with Crippen LogP contribution in [0.2, 0.25) is 0 Å². The molecule has 3 aromatic rings. The van der Waals surface area contributed by atoms with Crippen molar-refractivity contribution in [2.45, 2.75) is 25.7 Å². The van der Waals surface area contributed by atoms with Gasteiger partial charge >= 0.3 is 0 Å². The van der Waals surface area contributed by atoms with Crippen molar-refractivity contribution in [3.8, 4) is 23.0 Å². The first-order valence-corrected chi connectivity index (χ1v) is 7.66. The molecule has 0 saturated carbocycles. The van der Waals surface area contributed by atoms with Crippen LogP contribution in [0.5, 0.6) is 0 Å². The normalized spacial score (nSPS) is 13.3. The van der Waals surface area contributed by atoms with Crippen LogP contribution in [0.1, 0.15) is 27.3 Å². The number of hydrogen-bond donors (Lipinski definition) is 2. The van der Waals surface area contributed by atoms with Gasteiger partial charge in [0.05, 0.1) is 6.20 Å². The minimum atomic E-state index is -0.151. The number of aromatic amines is 1. The van der Waals surface area contributed by atoms with Crippen molar-refractivity contribution >= 4 is 11.0 Å². The maximum absolute atomic E-state index is 6.05. The molecule has 0 aliphatic carbocycles. The van der Waals surface area contributed by atoms with Gasteiger partial charge in [0.1, 0.15) is 0 Å². The minimum Gasteiger partial charge on any atom is -0.330 e. The predicted octanol–water partition coefficient (Wildman–Crippen LogP) is 3.50. The Labute approximate surface area is 137 Å². The second-order valence-electron chi connectivity index (χ2n) is 5.94. The quantitative estimate of drug-likeness (QED) is 0.725. The summed E-state index contributed by atoms with van der Waals surface area (Å²) in [4.78, 5) is 4.30. The summed E-state index contributed by atoms with van der Waals surface area (Å²) < 4.78 is 0. The van der Waals surface area contributed by atoms with Gasteiger partial charge in [0.2, 0.25) is 0 Å². The monoisotopic (exact) mass is 306 g/mol. The maximum atomic E-state index is 6.05. The summed E-state index contributed by atoms with van der Waals surface area (Å²) in [5.41, 5.74) is 10.2. The Bertz CT molecular complexity index is 891. The summed E-state index contributed by atoms with van der Waals surface area (Å²) in [6.07, 6.45) is 4.36. The van der Waals surface area contributed by atoms with Crippen molar-refractivity contribution in [1.29, 1.82) is 0 Å². The van der Waals surface area contributed by atoms with Crippen LogP contribution in [0.3, 0.4) is 0 Å². The predicted molar refractivity (Wildman–Crippen MR) is 95.9 cm³/mol. The fourth-order valence-corrected chi connectivity index (χ4v) is 2.74. The molecule has 1 aromatic carbocycles. The third kappa shape index (κ3) is 2.84. The number of H-pyrrole nitrogens is 1. The average Bonchev–Trinajstić information content (AvgIpc) is 3.08. The van der Waals surface area contributed by atoms with Gasteiger partial charge in [-0.2, -0.15) is 5.10 Å². The first-order chi connectivity index (χ1) is 11.2. The van der Waals surface area contributed by atoms with Crippen LogP contribution in [0, 0.1) is 11.8 Å². The van der Waals surface area contributed by atoms with Crippen molar-refractivity contribution in [2.24, 2.45) is 5.73 Å². The zero-order chi connectivity index (χ0) is 16.3. The van der Waals surface area contributed by atoms with Crippen LogP contribution >= 0.6 is 0 Å². The number of nitrogens with zero attached hydrogens (tertiary/aromatic N) is 2. The number of pyridine rings is 1. The van der Waals surface area contributed by atoms with Gasteiger partial charge in [0.15, 0.2) is 5.65 Å². The van der Waals surface area contributed by atoms with E-state index in [1.165, 1.54) is 5.56 Å². The first kappa shape index (κ1) is 15.3. The van der Waals surface area contributed by atoms with Crippen LogP contribution in [-0.4, -0.2) is 21.7 Å². The highest BCUT2D eigenvalue weighted by atomic mass is 15.1. The smallest absolute Gasteiger partial charge is 0.155 e. The molecule has 3 rings (SSSR count). The van der Waals surface area contributed by atoms with Crippen LogP contribution in [0.4, 0.5) is 0 Å². The molecule has 0 radical (unpaired) electrons. The van der Waals surface area contributed by atoms with Crippen LogP contribution in [-0.2, 0) is 5.41 Å². The van der Waals surface area contributed by atoms with E-state index in [2.05, 4.69) is 58.2 Å². The molecule has 0 aliphatic rings. The highest BCUT2D eigenvalue weighted by molar-refractivity contribution is 5.92. The van der Waals surface area contributed by atoms with Gasteiger partial charge in [-0.15, -0.1) is 11.8 Å². The number of rotatable bonds is 4. The van der Waals surface area contributed by atoms with E-state index in [1.54, 1.807) is 6.20 Å². The molecule has 0 spiro atoms. The van der Waals surface area contributed by atoms with Crippen molar-refractivity contribution < 1.29 is 1.43 Å².